The zero-order valence-electron chi connectivity index (χ0n) is 13.0. The Balaban J connectivity index is 1.86. The summed E-state index contributed by atoms with van der Waals surface area (Å²) in [5.74, 6) is -1.29. The lowest BCUT2D eigenvalue weighted by Gasteiger charge is -2.46. The van der Waals surface area contributed by atoms with E-state index in [2.05, 4.69) is 0 Å². The summed E-state index contributed by atoms with van der Waals surface area (Å²) >= 11 is 1.47. The van der Waals surface area contributed by atoms with Crippen molar-refractivity contribution >= 4 is 23.6 Å². The number of hydrogen-bond acceptors (Lipinski definition) is 4. The van der Waals surface area contributed by atoms with Gasteiger partial charge in [0.25, 0.3) is 0 Å². The molecule has 2 N–H and O–H groups in total. The Labute approximate surface area is 139 Å². The fourth-order valence-corrected chi connectivity index (χ4v) is 4.69. The average molecular weight is 333 g/mol. The maximum Gasteiger partial charge on any atom is 0.353 e. The number of carbonyl (C=O) groups is 2. The Morgan fingerprint density at radius 3 is 2.57 bits per heavy atom. The maximum atomic E-state index is 12.2. The number of carbonyl (C=O) groups excluding carboxylic acids is 1. The van der Waals surface area contributed by atoms with Crippen LogP contribution < -0.4 is 0 Å². The highest BCUT2D eigenvalue weighted by atomic mass is 32.2. The van der Waals surface area contributed by atoms with Crippen LogP contribution in [0.1, 0.15) is 19.4 Å². The first-order chi connectivity index (χ1) is 10.9. The Bertz CT molecular complexity index is 670. The summed E-state index contributed by atoms with van der Waals surface area (Å²) in [6.45, 7) is 3.52. The van der Waals surface area contributed by atoms with Gasteiger partial charge in [0.05, 0.1) is 18.1 Å². The summed E-state index contributed by atoms with van der Waals surface area (Å²) in [6.07, 6.45) is -0.764. The van der Waals surface area contributed by atoms with Gasteiger partial charge in [-0.15, -0.1) is 11.8 Å². The second-order valence-electron chi connectivity index (χ2n) is 6.05. The molecule has 3 rings (SSSR count). The number of rotatable bonds is 5. The molecule has 6 heteroatoms. The predicted molar refractivity (Wildman–Crippen MR) is 87.4 cm³/mol. The highest BCUT2D eigenvalue weighted by Gasteiger charge is 2.59. The van der Waals surface area contributed by atoms with Crippen LogP contribution in [-0.2, 0) is 15.3 Å². The molecule has 2 aliphatic heterocycles. The highest BCUT2D eigenvalue weighted by Crippen LogP contribution is 2.50. The third-order valence-electron chi connectivity index (χ3n) is 4.55. The van der Waals surface area contributed by atoms with E-state index in [9.17, 15) is 19.8 Å². The topological polar surface area (TPSA) is 77.8 Å². The molecule has 0 unspecified atom stereocenters. The quantitative estimate of drug-likeness (QED) is 0.807. The molecule has 4 atom stereocenters. The molecule has 0 radical (unpaired) electrons. The van der Waals surface area contributed by atoms with Crippen molar-refractivity contribution in [3.63, 3.8) is 0 Å². The van der Waals surface area contributed by atoms with Crippen LogP contribution in [0.25, 0.3) is 0 Å². The molecule has 1 saturated heterocycles. The van der Waals surface area contributed by atoms with Crippen molar-refractivity contribution in [1.29, 1.82) is 0 Å². The predicted octanol–water partition coefficient (Wildman–Crippen LogP) is 2.07. The number of thioether (sulfide) groups is 1. The van der Waals surface area contributed by atoms with Gasteiger partial charge in [-0.05, 0) is 12.5 Å². The monoisotopic (exact) mass is 333 g/mol. The molecule has 2 aliphatic rings. The van der Waals surface area contributed by atoms with Crippen molar-refractivity contribution < 1.29 is 19.8 Å². The molecule has 122 valence electrons. The molecule has 1 aromatic carbocycles. The van der Waals surface area contributed by atoms with Crippen molar-refractivity contribution in [2.75, 3.05) is 0 Å². The lowest BCUT2D eigenvalue weighted by atomic mass is 9.79. The van der Waals surface area contributed by atoms with Crippen molar-refractivity contribution in [3.05, 3.63) is 46.5 Å². The van der Waals surface area contributed by atoms with Gasteiger partial charge in [-0.2, -0.15) is 0 Å². The van der Waals surface area contributed by atoms with Crippen LogP contribution in [0.4, 0.5) is 0 Å². The van der Waals surface area contributed by atoms with E-state index in [0.29, 0.717) is 5.75 Å². The Morgan fingerprint density at radius 2 is 2.00 bits per heavy atom. The van der Waals surface area contributed by atoms with E-state index in [1.54, 1.807) is 6.92 Å². The number of hydrogen-bond donors (Lipinski definition) is 2. The molecule has 5 nitrogen and oxygen atoms in total. The van der Waals surface area contributed by atoms with Crippen molar-refractivity contribution in [3.8, 4) is 0 Å². The Kier molecular flexibility index (Phi) is 4.21. The minimum atomic E-state index is -1.08. The van der Waals surface area contributed by atoms with Gasteiger partial charge < -0.3 is 15.1 Å². The molecule has 1 aromatic rings. The van der Waals surface area contributed by atoms with Gasteiger partial charge in [0.2, 0.25) is 5.91 Å². The summed E-state index contributed by atoms with van der Waals surface area (Å²) in [7, 11) is 0. The van der Waals surface area contributed by atoms with E-state index in [-0.39, 0.29) is 23.6 Å². The number of nitrogens with zero attached hydrogens (tertiary/aromatic N) is 1. The zero-order valence-corrected chi connectivity index (χ0v) is 13.8. The number of benzene rings is 1. The van der Waals surface area contributed by atoms with Crippen LogP contribution in [0.2, 0.25) is 0 Å². The van der Waals surface area contributed by atoms with Gasteiger partial charge in [-0.1, -0.05) is 37.3 Å². The fraction of sp³-hybridized carbons (Fsp3) is 0.412. The van der Waals surface area contributed by atoms with E-state index in [0.717, 1.165) is 10.5 Å². The summed E-state index contributed by atoms with van der Waals surface area (Å²) in [4.78, 5) is 26.0. The van der Waals surface area contributed by atoms with Gasteiger partial charge >= 0.3 is 5.97 Å². The first kappa shape index (κ1) is 16.1. The molecule has 0 aromatic heterocycles. The standard InChI is InChI=1S/C17H19NO4S/c1-9-13-12(10(2)19)16(20)18(13)14(17(21)22)15(9)23-8-11-6-4-3-5-7-11/h3-7,9-10,12-13,19H,8H2,1-2H3,(H,21,22)/t9-,10+,12-,13-/m1/s1. The van der Waals surface area contributed by atoms with Crippen LogP contribution in [0.3, 0.4) is 0 Å². The van der Waals surface area contributed by atoms with Gasteiger partial charge in [0.1, 0.15) is 5.70 Å². The lowest BCUT2D eigenvalue weighted by molar-refractivity contribution is -0.163. The smallest absolute Gasteiger partial charge is 0.353 e. The molecule has 0 aliphatic carbocycles. The van der Waals surface area contributed by atoms with Crippen LogP contribution in [0.5, 0.6) is 0 Å². The second-order valence-corrected chi connectivity index (χ2v) is 7.06. The Hall–Kier alpha value is -1.79. The largest absolute Gasteiger partial charge is 0.477 e. The second kappa shape index (κ2) is 6.02. The van der Waals surface area contributed by atoms with Crippen molar-refractivity contribution in [2.45, 2.75) is 31.7 Å². The van der Waals surface area contributed by atoms with Crippen LogP contribution in [0.15, 0.2) is 40.9 Å². The summed E-state index contributed by atoms with van der Waals surface area (Å²) in [6, 6.07) is 9.57. The molecular weight excluding hydrogens is 314 g/mol. The molecule has 0 spiro atoms. The molecule has 1 fully saturated rings. The van der Waals surface area contributed by atoms with Crippen LogP contribution in [-0.4, -0.2) is 39.1 Å². The number of aliphatic hydroxyl groups is 1. The van der Waals surface area contributed by atoms with E-state index in [1.807, 2.05) is 37.3 Å². The van der Waals surface area contributed by atoms with Gasteiger partial charge in [-0.3, -0.25) is 4.79 Å². The zero-order chi connectivity index (χ0) is 16.7. The summed E-state index contributed by atoms with van der Waals surface area (Å²) in [5, 5.41) is 19.3. The number of fused-ring (bicyclic) bond motifs is 1. The third-order valence-corrected chi connectivity index (χ3v) is 5.90. The third kappa shape index (κ3) is 2.56. The fourth-order valence-electron chi connectivity index (χ4n) is 3.45. The minimum Gasteiger partial charge on any atom is -0.477 e. The van der Waals surface area contributed by atoms with E-state index >= 15 is 0 Å². The van der Waals surface area contributed by atoms with Crippen LogP contribution in [0, 0.1) is 11.8 Å². The molecule has 1 amide bonds. The number of carboxylic acid groups (broad SMARTS) is 1. The van der Waals surface area contributed by atoms with Crippen molar-refractivity contribution in [1.82, 2.24) is 4.90 Å². The molecule has 23 heavy (non-hydrogen) atoms. The van der Waals surface area contributed by atoms with E-state index in [4.69, 9.17) is 0 Å². The number of amides is 1. The van der Waals surface area contributed by atoms with E-state index < -0.39 is 18.0 Å². The van der Waals surface area contributed by atoms with Gasteiger partial charge in [0.15, 0.2) is 0 Å². The molecular formula is C17H19NO4S. The number of aliphatic hydroxyl groups excluding tert-OH is 1. The lowest BCUT2D eigenvalue weighted by Crippen LogP contribution is -2.63. The van der Waals surface area contributed by atoms with Gasteiger partial charge in [0, 0.05) is 16.6 Å². The first-order valence-corrected chi connectivity index (χ1v) is 8.57. The SMILES string of the molecule is C[C@H](O)[C@H]1C(=O)N2C(C(=O)O)=C(SCc3ccccc3)[C@H](C)[C@H]12. The minimum absolute atomic E-state index is 0.0767. The number of β-lactam (4-membered cyclic amide) rings is 1. The van der Waals surface area contributed by atoms with Gasteiger partial charge in [-0.25, -0.2) is 4.79 Å². The highest BCUT2D eigenvalue weighted by molar-refractivity contribution is 8.02. The molecule has 0 bridgehead atoms. The van der Waals surface area contributed by atoms with Crippen LogP contribution >= 0.6 is 11.8 Å². The molecule has 2 heterocycles. The average Bonchev–Trinajstić information content (AvgIpc) is 2.75. The molecule has 0 saturated carbocycles. The summed E-state index contributed by atoms with van der Waals surface area (Å²) < 4.78 is 0. The normalized spacial score (nSPS) is 27.7. The summed E-state index contributed by atoms with van der Waals surface area (Å²) in [5.41, 5.74) is 1.19. The van der Waals surface area contributed by atoms with E-state index in [1.165, 1.54) is 16.7 Å². The number of aliphatic carboxylic acids is 1. The Morgan fingerprint density at radius 1 is 1.35 bits per heavy atom. The first-order valence-electron chi connectivity index (χ1n) is 7.58. The number of carboxylic acids is 1. The van der Waals surface area contributed by atoms with Crippen molar-refractivity contribution in [2.24, 2.45) is 11.8 Å². The maximum absolute atomic E-state index is 12.2.